The van der Waals surface area contributed by atoms with Crippen LogP contribution in [0.1, 0.15) is 5.56 Å². The zero-order valence-corrected chi connectivity index (χ0v) is 7.07. The third-order valence-electron chi connectivity index (χ3n) is 1.47. The lowest BCUT2D eigenvalue weighted by molar-refractivity contribution is 0.279. The molecule has 1 heterocycles. The van der Waals surface area contributed by atoms with Crippen LogP contribution in [0.15, 0.2) is 12.3 Å². The predicted octanol–water partition coefficient (Wildman–Crippen LogP) is 0.591. The quantitative estimate of drug-likeness (QED) is 0.719. The van der Waals surface area contributed by atoms with Gasteiger partial charge in [-0.1, -0.05) is 0 Å². The van der Waals surface area contributed by atoms with E-state index in [1.807, 2.05) is 0 Å². The predicted molar refractivity (Wildman–Crippen MR) is 43.3 cm³/mol. The molecule has 66 valence electrons. The Bertz CT molecular complexity index is 262. The van der Waals surface area contributed by atoms with Gasteiger partial charge in [0.05, 0.1) is 20.8 Å². The molecule has 0 atom stereocenters. The number of nitrogens with zero attached hydrogens (tertiary/aromatic N) is 1. The van der Waals surface area contributed by atoms with Gasteiger partial charge in [0, 0.05) is 6.20 Å². The van der Waals surface area contributed by atoms with Crippen LogP contribution in [-0.4, -0.2) is 24.3 Å². The van der Waals surface area contributed by atoms with Gasteiger partial charge < -0.3 is 14.6 Å². The van der Waals surface area contributed by atoms with E-state index in [-0.39, 0.29) is 6.61 Å². The van der Waals surface area contributed by atoms with Crippen molar-refractivity contribution in [2.75, 3.05) is 14.2 Å². The number of hydrogen-bond acceptors (Lipinski definition) is 4. The summed E-state index contributed by atoms with van der Waals surface area (Å²) in [5.74, 6) is 0.957. The van der Waals surface area contributed by atoms with E-state index < -0.39 is 0 Å². The Morgan fingerprint density at radius 1 is 1.42 bits per heavy atom. The Hall–Kier alpha value is -1.29. The number of aliphatic hydroxyl groups excluding tert-OH is 1. The molecule has 0 radical (unpaired) electrons. The van der Waals surface area contributed by atoms with Gasteiger partial charge in [-0.2, -0.15) is 0 Å². The molecule has 0 saturated carbocycles. The van der Waals surface area contributed by atoms with Crippen molar-refractivity contribution in [2.45, 2.75) is 6.61 Å². The van der Waals surface area contributed by atoms with Gasteiger partial charge in [-0.15, -0.1) is 0 Å². The van der Waals surface area contributed by atoms with Crippen molar-refractivity contribution >= 4 is 0 Å². The number of methoxy groups -OCH3 is 2. The molecule has 4 heteroatoms. The van der Waals surface area contributed by atoms with Gasteiger partial charge in [0.15, 0.2) is 5.75 Å². The number of aliphatic hydroxyl groups is 1. The molecule has 4 nitrogen and oxygen atoms in total. The van der Waals surface area contributed by atoms with Gasteiger partial charge in [0.1, 0.15) is 0 Å². The fourth-order valence-electron chi connectivity index (χ4n) is 0.859. The van der Waals surface area contributed by atoms with Crippen LogP contribution in [0.4, 0.5) is 0 Å². The van der Waals surface area contributed by atoms with Crippen molar-refractivity contribution in [3.63, 3.8) is 0 Å². The third-order valence-corrected chi connectivity index (χ3v) is 1.47. The average Bonchev–Trinajstić information content (AvgIpc) is 2.16. The first-order chi connectivity index (χ1) is 5.81. The molecule has 1 aromatic heterocycles. The van der Waals surface area contributed by atoms with Gasteiger partial charge in [-0.05, 0) is 11.6 Å². The second kappa shape index (κ2) is 3.92. The maximum absolute atomic E-state index is 8.78. The minimum absolute atomic E-state index is 0.0483. The molecule has 0 aromatic carbocycles. The highest BCUT2D eigenvalue weighted by Gasteiger charge is 2.04. The fraction of sp³-hybridized carbons (Fsp3) is 0.375. The Morgan fingerprint density at radius 2 is 2.17 bits per heavy atom. The summed E-state index contributed by atoms with van der Waals surface area (Å²) in [6, 6.07) is 1.69. The van der Waals surface area contributed by atoms with Crippen molar-refractivity contribution in [1.82, 2.24) is 4.98 Å². The maximum Gasteiger partial charge on any atom is 0.256 e. The highest BCUT2D eigenvalue weighted by Crippen LogP contribution is 2.24. The number of aromatic nitrogens is 1. The lowest BCUT2D eigenvalue weighted by Crippen LogP contribution is -1.95. The van der Waals surface area contributed by atoms with Gasteiger partial charge in [0.2, 0.25) is 0 Å². The Balaban J connectivity index is 3.02. The molecule has 1 rings (SSSR count). The third kappa shape index (κ3) is 1.65. The molecule has 1 aromatic rings. The van der Waals surface area contributed by atoms with E-state index in [0.717, 1.165) is 0 Å². The summed E-state index contributed by atoms with van der Waals surface area (Å²) in [7, 11) is 3.05. The zero-order chi connectivity index (χ0) is 8.97. The standard InChI is InChI=1S/C8H11NO3/c1-11-7-3-6(5-10)4-9-8(7)12-2/h3-4,10H,5H2,1-2H3. The fourth-order valence-corrected chi connectivity index (χ4v) is 0.859. The molecule has 1 N–H and O–H groups in total. The van der Waals surface area contributed by atoms with Crippen LogP contribution in [-0.2, 0) is 6.61 Å². The van der Waals surface area contributed by atoms with Crippen LogP contribution in [0.2, 0.25) is 0 Å². The SMILES string of the molecule is COc1cc(CO)cnc1OC. The van der Waals surface area contributed by atoms with Crippen molar-refractivity contribution < 1.29 is 14.6 Å². The summed E-state index contributed by atoms with van der Waals surface area (Å²) < 4.78 is 9.90. The molecule has 0 aliphatic rings. The lowest BCUT2D eigenvalue weighted by atomic mass is 10.3. The lowest BCUT2D eigenvalue weighted by Gasteiger charge is -2.06. The van der Waals surface area contributed by atoms with E-state index in [4.69, 9.17) is 14.6 Å². The maximum atomic E-state index is 8.78. The molecule has 0 spiro atoms. The van der Waals surface area contributed by atoms with E-state index in [9.17, 15) is 0 Å². The van der Waals surface area contributed by atoms with Crippen molar-refractivity contribution in [3.05, 3.63) is 17.8 Å². The Labute approximate surface area is 70.8 Å². The van der Waals surface area contributed by atoms with Crippen molar-refractivity contribution in [3.8, 4) is 11.6 Å². The summed E-state index contributed by atoms with van der Waals surface area (Å²) in [4.78, 5) is 3.93. The summed E-state index contributed by atoms with van der Waals surface area (Å²) in [6.07, 6.45) is 1.54. The highest BCUT2D eigenvalue weighted by molar-refractivity contribution is 5.35. The molecular formula is C8H11NO3. The average molecular weight is 169 g/mol. The van der Waals surface area contributed by atoms with Gasteiger partial charge in [-0.25, -0.2) is 4.98 Å². The molecule has 0 amide bonds. The van der Waals surface area contributed by atoms with Crippen LogP contribution in [0.5, 0.6) is 11.6 Å². The molecule has 0 bridgehead atoms. The Kier molecular flexibility index (Phi) is 2.88. The monoisotopic (exact) mass is 169 g/mol. The van der Waals surface area contributed by atoms with Crippen LogP contribution in [0.3, 0.4) is 0 Å². The smallest absolute Gasteiger partial charge is 0.256 e. The van der Waals surface area contributed by atoms with Crippen LogP contribution < -0.4 is 9.47 Å². The second-order valence-corrected chi connectivity index (χ2v) is 2.21. The molecule has 0 fully saturated rings. The number of hydrogen-bond donors (Lipinski definition) is 1. The summed E-state index contributed by atoms with van der Waals surface area (Å²) in [5, 5.41) is 8.78. The molecule has 0 unspecified atom stereocenters. The molecule has 0 saturated heterocycles. The molecule has 0 aliphatic heterocycles. The van der Waals surface area contributed by atoms with E-state index in [1.165, 1.54) is 14.2 Å². The summed E-state index contributed by atoms with van der Waals surface area (Å²) in [5.41, 5.74) is 0.702. The first-order valence-electron chi connectivity index (χ1n) is 3.49. The van der Waals surface area contributed by atoms with E-state index in [2.05, 4.69) is 4.98 Å². The first-order valence-corrected chi connectivity index (χ1v) is 3.49. The molecule has 12 heavy (non-hydrogen) atoms. The van der Waals surface area contributed by atoms with Crippen LogP contribution in [0.25, 0.3) is 0 Å². The van der Waals surface area contributed by atoms with Crippen LogP contribution in [0, 0.1) is 0 Å². The highest BCUT2D eigenvalue weighted by atomic mass is 16.5. The van der Waals surface area contributed by atoms with E-state index >= 15 is 0 Å². The number of ether oxygens (including phenoxy) is 2. The minimum Gasteiger partial charge on any atom is -0.491 e. The second-order valence-electron chi connectivity index (χ2n) is 2.21. The first kappa shape index (κ1) is 8.80. The van der Waals surface area contributed by atoms with Crippen LogP contribution >= 0.6 is 0 Å². The van der Waals surface area contributed by atoms with Crippen molar-refractivity contribution in [1.29, 1.82) is 0 Å². The molecular weight excluding hydrogens is 158 g/mol. The van der Waals surface area contributed by atoms with E-state index in [1.54, 1.807) is 12.3 Å². The number of rotatable bonds is 3. The van der Waals surface area contributed by atoms with Gasteiger partial charge in [0.25, 0.3) is 5.88 Å². The van der Waals surface area contributed by atoms with E-state index in [0.29, 0.717) is 17.2 Å². The topological polar surface area (TPSA) is 51.6 Å². The summed E-state index contributed by atoms with van der Waals surface area (Å²) in [6.45, 7) is -0.0483. The number of pyridine rings is 1. The Morgan fingerprint density at radius 3 is 2.67 bits per heavy atom. The van der Waals surface area contributed by atoms with Gasteiger partial charge in [-0.3, -0.25) is 0 Å². The largest absolute Gasteiger partial charge is 0.491 e. The minimum atomic E-state index is -0.0483. The molecule has 0 aliphatic carbocycles. The van der Waals surface area contributed by atoms with Crippen molar-refractivity contribution in [2.24, 2.45) is 0 Å². The zero-order valence-electron chi connectivity index (χ0n) is 7.07. The summed E-state index contributed by atoms with van der Waals surface area (Å²) >= 11 is 0. The normalized spacial score (nSPS) is 9.58. The van der Waals surface area contributed by atoms with Gasteiger partial charge >= 0.3 is 0 Å².